The molecule has 30 heavy (non-hydrogen) atoms. The van der Waals surface area contributed by atoms with Crippen LogP contribution in [0.1, 0.15) is 5.56 Å². The third-order valence-corrected chi connectivity index (χ3v) is 5.13. The summed E-state index contributed by atoms with van der Waals surface area (Å²) in [5, 5.41) is 10.1. The van der Waals surface area contributed by atoms with Gasteiger partial charge in [-0.3, -0.25) is 9.59 Å². The number of nitrogens with one attached hydrogen (secondary N) is 1. The number of hydrogen-bond acceptors (Lipinski definition) is 3. The van der Waals surface area contributed by atoms with Crippen LogP contribution in [0.2, 0.25) is 5.02 Å². The number of rotatable bonds is 6. The summed E-state index contributed by atoms with van der Waals surface area (Å²) in [6.45, 7) is 0.344. The Kier molecular flexibility index (Phi) is 5.91. The molecule has 150 valence electrons. The maximum atomic E-state index is 12.3. The summed E-state index contributed by atoms with van der Waals surface area (Å²) in [7, 11) is 0. The van der Waals surface area contributed by atoms with E-state index >= 15 is 0 Å². The zero-order valence-electron chi connectivity index (χ0n) is 16.2. The Morgan fingerprint density at radius 1 is 0.933 bits per heavy atom. The summed E-state index contributed by atoms with van der Waals surface area (Å²) in [6.07, 6.45) is 0.682. The molecule has 1 heterocycles. The van der Waals surface area contributed by atoms with Crippen molar-refractivity contribution >= 4 is 28.3 Å². The molecule has 4 aromatic rings. The van der Waals surface area contributed by atoms with Crippen molar-refractivity contribution in [3.63, 3.8) is 0 Å². The van der Waals surface area contributed by atoms with E-state index in [0.717, 1.165) is 21.9 Å². The van der Waals surface area contributed by atoms with Crippen molar-refractivity contribution in [1.82, 2.24) is 15.1 Å². The van der Waals surface area contributed by atoms with Crippen molar-refractivity contribution in [2.45, 2.75) is 13.0 Å². The first kappa shape index (κ1) is 19.9. The zero-order chi connectivity index (χ0) is 20.9. The van der Waals surface area contributed by atoms with Crippen LogP contribution in [0.5, 0.6) is 0 Å². The average molecular weight is 418 g/mol. The lowest BCUT2D eigenvalue weighted by Crippen LogP contribution is -2.34. The van der Waals surface area contributed by atoms with Crippen molar-refractivity contribution in [3.05, 3.63) is 99.8 Å². The smallest absolute Gasteiger partial charge is 0.267 e. The van der Waals surface area contributed by atoms with Gasteiger partial charge in [-0.1, -0.05) is 66.2 Å². The molecular formula is C24H20ClN3O2. The SMILES string of the molecule is O=C(Cn1nc(-c2cccc3ccccc23)ccc1=O)NCCc1ccc(Cl)cc1. The molecule has 0 aliphatic heterocycles. The molecule has 0 atom stereocenters. The van der Waals surface area contributed by atoms with Crippen molar-refractivity contribution in [3.8, 4) is 11.3 Å². The van der Waals surface area contributed by atoms with Crippen LogP contribution in [0, 0.1) is 0 Å². The number of carbonyl (C=O) groups is 1. The van der Waals surface area contributed by atoms with Gasteiger partial charge in [0, 0.05) is 23.2 Å². The van der Waals surface area contributed by atoms with Crippen LogP contribution in [-0.2, 0) is 17.8 Å². The molecule has 0 saturated carbocycles. The van der Waals surface area contributed by atoms with Crippen molar-refractivity contribution in [1.29, 1.82) is 0 Å². The van der Waals surface area contributed by atoms with E-state index in [-0.39, 0.29) is 18.0 Å². The van der Waals surface area contributed by atoms with Crippen molar-refractivity contribution in [2.24, 2.45) is 0 Å². The molecule has 1 N–H and O–H groups in total. The minimum Gasteiger partial charge on any atom is -0.354 e. The molecule has 3 aromatic carbocycles. The number of halogens is 1. The lowest BCUT2D eigenvalue weighted by atomic mass is 10.0. The van der Waals surface area contributed by atoms with E-state index in [2.05, 4.69) is 10.4 Å². The molecule has 1 aromatic heterocycles. The predicted octanol–water partition coefficient (Wildman–Crippen LogP) is 4.08. The fourth-order valence-electron chi connectivity index (χ4n) is 3.34. The summed E-state index contributed by atoms with van der Waals surface area (Å²) in [4.78, 5) is 24.6. The van der Waals surface area contributed by atoms with Gasteiger partial charge in [-0.05, 0) is 41.0 Å². The first-order chi connectivity index (χ1) is 14.6. The highest BCUT2D eigenvalue weighted by molar-refractivity contribution is 6.30. The number of hydrogen-bond donors (Lipinski definition) is 1. The van der Waals surface area contributed by atoms with E-state index in [1.54, 1.807) is 6.07 Å². The molecule has 0 fully saturated rings. The third-order valence-electron chi connectivity index (χ3n) is 4.87. The van der Waals surface area contributed by atoms with E-state index in [1.807, 2.05) is 66.7 Å². The molecule has 0 saturated heterocycles. The zero-order valence-corrected chi connectivity index (χ0v) is 17.0. The van der Waals surface area contributed by atoms with Gasteiger partial charge in [0.25, 0.3) is 5.56 Å². The molecule has 5 nitrogen and oxygen atoms in total. The Balaban J connectivity index is 1.47. The van der Waals surface area contributed by atoms with Gasteiger partial charge in [0.15, 0.2) is 0 Å². The molecule has 6 heteroatoms. The molecule has 0 aliphatic carbocycles. The predicted molar refractivity (Wildman–Crippen MR) is 120 cm³/mol. The highest BCUT2D eigenvalue weighted by atomic mass is 35.5. The second-order valence-electron chi connectivity index (χ2n) is 6.97. The number of nitrogens with zero attached hydrogens (tertiary/aromatic N) is 2. The van der Waals surface area contributed by atoms with Crippen LogP contribution in [0.3, 0.4) is 0 Å². The van der Waals surface area contributed by atoms with Gasteiger partial charge in [0.2, 0.25) is 5.91 Å². The standard InChI is InChI=1S/C24H20ClN3O2/c25-19-10-8-17(9-11-19)14-15-26-23(29)16-28-24(30)13-12-22(27-28)21-7-3-5-18-4-1-2-6-20(18)21/h1-13H,14-16H2,(H,26,29). The number of benzene rings is 3. The van der Waals surface area contributed by atoms with Gasteiger partial charge in [-0.2, -0.15) is 5.10 Å². The van der Waals surface area contributed by atoms with E-state index in [9.17, 15) is 9.59 Å². The van der Waals surface area contributed by atoms with E-state index < -0.39 is 0 Å². The Morgan fingerprint density at radius 3 is 2.53 bits per heavy atom. The summed E-state index contributed by atoms with van der Waals surface area (Å²) in [5.41, 5.74) is 2.34. The Bertz CT molecular complexity index is 1240. The first-order valence-corrected chi connectivity index (χ1v) is 10.1. The molecule has 0 radical (unpaired) electrons. The third kappa shape index (κ3) is 4.58. The maximum absolute atomic E-state index is 12.3. The average Bonchev–Trinajstić information content (AvgIpc) is 2.76. The minimum atomic E-state index is -0.313. The molecule has 0 aliphatic rings. The second-order valence-corrected chi connectivity index (χ2v) is 7.40. The van der Waals surface area contributed by atoms with Crippen molar-refractivity contribution < 1.29 is 4.79 Å². The fraction of sp³-hybridized carbons (Fsp3) is 0.125. The quantitative estimate of drug-likeness (QED) is 0.514. The highest BCUT2D eigenvalue weighted by Crippen LogP contribution is 2.26. The summed E-state index contributed by atoms with van der Waals surface area (Å²) in [5.74, 6) is -0.256. The Labute approximate surface area is 178 Å². The van der Waals surface area contributed by atoms with E-state index in [4.69, 9.17) is 11.6 Å². The molecule has 0 bridgehead atoms. The normalized spacial score (nSPS) is 10.8. The molecule has 4 rings (SSSR count). The van der Waals surface area contributed by atoms with Gasteiger partial charge in [0.05, 0.1) is 5.69 Å². The fourth-order valence-corrected chi connectivity index (χ4v) is 3.47. The number of fused-ring (bicyclic) bond motifs is 1. The minimum absolute atomic E-state index is 0.127. The van der Waals surface area contributed by atoms with Crippen LogP contribution < -0.4 is 10.9 Å². The highest BCUT2D eigenvalue weighted by Gasteiger charge is 2.10. The summed E-state index contributed by atoms with van der Waals surface area (Å²) in [6, 6.07) is 24.6. The van der Waals surface area contributed by atoms with Gasteiger partial charge in [0.1, 0.15) is 6.54 Å². The lowest BCUT2D eigenvalue weighted by Gasteiger charge is -2.10. The second kappa shape index (κ2) is 8.93. The topological polar surface area (TPSA) is 64.0 Å². The number of carbonyl (C=O) groups excluding carboxylic acids is 1. The van der Waals surface area contributed by atoms with Crippen molar-refractivity contribution in [2.75, 3.05) is 6.54 Å². The number of amides is 1. The molecule has 0 unspecified atom stereocenters. The van der Waals surface area contributed by atoms with Crippen LogP contribution in [0.4, 0.5) is 0 Å². The summed E-state index contributed by atoms with van der Waals surface area (Å²) < 4.78 is 1.20. The molecular weight excluding hydrogens is 398 g/mol. The maximum Gasteiger partial charge on any atom is 0.267 e. The first-order valence-electron chi connectivity index (χ1n) is 9.67. The van der Waals surface area contributed by atoms with Crippen LogP contribution >= 0.6 is 11.6 Å². The van der Waals surface area contributed by atoms with E-state index in [0.29, 0.717) is 23.7 Å². The molecule has 0 spiro atoms. The number of aromatic nitrogens is 2. The lowest BCUT2D eigenvalue weighted by molar-refractivity contribution is -0.121. The van der Waals surface area contributed by atoms with Gasteiger partial charge in [-0.25, -0.2) is 4.68 Å². The van der Waals surface area contributed by atoms with Crippen LogP contribution in [-0.4, -0.2) is 22.2 Å². The van der Waals surface area contributed by atoms with Crippen LogP contribution in [0.25, 0.3) is 22.0 Å². The van der Waals surface area contributed by atoms with Crippen LogP contribution in [0.15, 0.2) is 83.7 Å². The van der Waals surface area contributed by atoms with Gasteiger partial charge < -0.3 is 5.32 Å². The largest absolute Gasteiger partial charge is 0.354 e. The van der Waals surface area contributed by atoms with Gasteiger partial charge in [-0.15, -0.1) is 0 Å². The Morgan fingerprint density at radius 2 is 1.70 bits per heavy atom. The van der Waals surface area contributed by atoms with Gasteiger partial charge >= 0.3 is 0 Å². The Hall–Kier alpha value is -3.44. The monoisotopic (exact) mass is 417 g/mol. The molecule has 1 amide bonds. The van der Waals surface area contributed by atoms with E-state index in [1.165, 1.54) is 10.7 Å². The summed E-state index contributed by atoms with van der Waals surface area (Å²) >= 11 is 5.88.